The monoisotopic (exact) mass is 306 g/mol. The second-order valence-corrected chi connectivity index (χ2v) is 6.05. The maximum atomic E-state index is 12.9. The second kappa shape index (κ2) is 5.19. The van der Waals surface area contributed by atoms with E-state index in [0.29, 0.717) is 5.56 Å². The van der Waals surface area contributed by atoms with Gasteiger partial charge in [-0.05, 0) is 43.2 Å². The van der Waals surface area contributed by atoms with Crippen molar-refractivity contribution >= 4 is 16.8 Å². The van der Waals surface area contributed by atoms with Crippen molar-refractivity contribution in [2.75, 3.05) is 6.54 Å². The number of benzene rings is 1. The maximum Gasteiger partial charge on any atom is 0.254 e. The Kier molecular flexibility index (Phi) is 3.15. The van der Waals surface area contributed by atoms with Crippen molar-refractivity contribution < 1.29 is 4.79 Å². The van der Waals surface area contributed by atoms with Crippen molar-refractivity contribution in [1.82, 2.24) is 19.7 Å². The third kappa shape index (κ3) is 2.29. The third-order valence-electron chi connectivity index (χ3n) is 4.53. The van der Waals surface area contributed by atoms with Crippen molar-refractivity contribution in [3.63, 3.8) is 0 Å². The summed E-state index contributed by atoms with van der Waals surface area (Å²) < 4.78 is 1.83. The number of fused-ring (bicyclic) bond motifs is 2. The molecule has 1 atom stereocenters. The van der Waals surface area contributed by atoms with Crippen molar-refractivity contribution in [1.29, 1.82) is 0 Å². The van der Waals surface area contributed by atoms with Crippen LogP contribution in [0.2, 0.25) is 0 Å². The molecule has 4 rings (SSSR count). The summed E-state index contributed by atoms with van der Waals surface area (Å²) in [5, 5.41) is 5.51. The van der Waals surface area contributed by atoms with Gasteiger partial charge >= 0.3 is 0 Å². The van der Waals surface area contributed by atoms with Crippen LogP contribution in [0, 0.1) is 0 Å². The van der Waals surface area contributed by atoms with Crippen LogP contribution in [0.15, 0.2) is 42.7 Å². The summed E-state index contributed by atoms with van der Waals surface area (Å²) in [6, 6.07) is 9.56. The van der Waals surface area contributed by atoms with E-state index in [-0.39, 0.29) is 11.9 Å². The molecule has 0 bridgehead atoms. The zero-order valence-corrected chi connectivity index (χ0v) is 13.2. The van der Waals surface area contributed by atoms with E-state index in [1.807, 2.05) is 53.9 Å². The van der Waals surface area contributed by atoms with Crippen molar-refractivity contribution in [2.24, 2.45) is 7.05 Å². The first-order valence-electron chi connectivity index (χ1n) is 7.81. The lowest BCUT2D eigenvalue weighted by atomic mass is 10.00. The molecule has 0 spiro atoms. The van der Waals surface area contributed by atoms with Crippen LogP contribution in [0.1, 0.15) is 34.6 Å². The van der Waals surface area contributed by atoms with E-state index in [2.05, 4.69) is 16.3 Å². The minimum absolute atomic E-state index is 0.00274. The Morgan fingerprint density at radius 1 is 1.30 bits per heavy atom. The molecule has 116 valence electrons. The number of hydrogen-bond donors (Lipinski definition) is 0. The summed E-state index contributed by atoms with van der Waals surface area (Å²) in [6.45, 7) is 2.77. The number of nitrogens with zero attached hydrogens (tertiary/aromatic N) is 4. The Bertz CT molecular complexity index is 899. The fourth-order valence-electron chi connectivity index (χ4n) is 3.33. The van der Waals surface area contributed by atoms with Crippen molar-refractivity contribution in [3.8, 4) is 0 Å². The lowest BCUT2D eigenvalue weighted by molar-refractivity contribution is 0.0674. The highest BCUT2D eigenvalue weighted by Crippen LogP contribution is 2.29. The molecule has 0 aliphatic carbocycles. The predicted molar refractivity (Wildman–Crippen MR) is 88.1 cm³/mol. The third-order valence-corrected chi connectivity index (χ3v) is 4.53. The highest BCUT2D eigenvalue weighted by molar-refractivity contribution is 5.98. The van der Waals surface area contributed by atoms with Gasteiger partial charge in [-0.3, -0.25) is 14.5 Å². The molecule has 23 heavy (non-hydrogen) atoms. The van der Waals surface area contributed by atoms with Gasteiger partial charge in [0.2, 0.25) is 0 Å². The van der Waals surface area contributed by atoms with Crippen LogP contribution in [0.5, 0.6) is 0 Å². The summed E-state index contributed by atoms with van der Waals surface area (Å²) in [5.41, 5.74) is 3.86. The molecule has 0 saturated heterocycles. The fourth-order valence-corrected chi connectivity index (χ4v) is 3.33. The van der Waals surface area contributed by atoms with E-state index in [9.17, 15) is 4.79 Å². The lowest BCUT2D eigenvalue weighted by Gasteiger charge is -2.32. The van der Waals surface area contributed by atoms with Gasteiger partial charge in [-0.25, -0.2) is 0 Å². The zero-order chi connectivity index (χ0) is 16.0. The van der Waals surface area contributed by atoms with E-state index in [1.54, 1.807) is 6.20 Å². The summed E-state index contributed by atoms with van der Waals surface area (Å²) in [6.07, 6.45) is 4.67. The van der Waals surface area contributed by atoms with Crippen molar-refractivity contribution in [3.05, 3.63) is 59.5 Å². The van der Waals surface area contributed by atoms with Crippen LogP contribution in [-0.2, 0) is 13.5 Å². The van der Waals surface area contributed by atoms with Crippen LogP contribution in [-0.4, -0.2) is 32.1 Å². The number of aromatic nitrogens is 3. The number of pyridine rings is 1. The Labute approximate surface area is 134 Å². The first-order valence-corrected chi connectivity index (χ1v) is 7.81. The minimum atomic E-state index is -0.00274. The van der Waals surface area contributed by atoms with Gasteiger partial charge in [-0.1, -0.05) is 6.07 Å². The Hall–Kier alpha value is -2.69. The molecule has 0 unspecified atom stereocenters. The number of carbonyl (C=O) groups excluding carboxylic acids is 1. The molecule has 0 saturated carbocycles. The molecule has 1 aliphatic heterocycles. The highest BCUT2D eigenvalue weighted by Gasteiger charge is 2.30. The van der Waals surface area contributed by atoms with Gasteiger partial charge in [0.05, 0.1) is 17.3 Å². The number of amides is 1. The molecule has 3 heterocycles. The molecular weight excluding hydrogens is 288 g/mol. The van der Waals surface area contributed by atoms with Crippen LogP contribution >= 0.6 is 0 Å². The van der Waals surface area contributed by atoms with Gasteiger partial charge in [-0.15, -0.1) is 0 Å². The molecule has 0 radical (unpaired) electrons. The van der Waals surface area contributed by atoms with E-state index in [1.165, 1.54) is 5.56 Å². The molecule has 1 aromatic carbocycles. The summed E-state index contributed by atoms with van der Waals surface area (Å²) in [4.78, 5) is 19.2. The molecule has 0 N–H and O–H groups in total. The first kappa shape index (κ1) is 13.9. The molecule has 0 fully saturated rings. The standard InChI is InChI=1S/C18H18N4O/c1-12-17-15(11-21(2)20-17)7-9-22(12)18(23)14-5-6-16-13(10-14)4-3-8-19-16/h3-6,8,10-12H,7,9H2,1-2H3/t12-/m0/s1. The maximum absolute atomic E-state index is 12.9. The van der Waals surface area contributed by atoms with Gasteiger partial charge < -0.3 is 4.90 Å². The van der Waals surface area contributed by atoms with Crippen LogP contribution < -0.4 is 0 Å². The van der Waals surface area contributed by atoms with E-state index >= 15 is 0 Å². The minimum Gasteiger partial charge on any atom is -0.330 e. The molecular formula is C18H18N4O. The first-order chi connectivity index (χ1) is 11.1. The van der Waals surface area contributed by atoms with Crippen molar-refractivity contribution in [2.45, 2.75) is 19.4 Å². The largest absolute Gasteiger partial charge is 0.330 e. The summed E-state index contributed by atoms with van der Waals surface area (Å²) in [7, 11) is 1.92. The van der Waals surface area contributed by atoms with Crippen LogP contribution in [0.25, 0.3) is 10.9 Å². The SMILES string of the molecule is C[C@H]1c2nn(C)cc2CCN1C(=O)c1ccc2ncccc2c1. The number of rotatable bonds is 1. The summed E-state index contributed by atoms with van der Waals surface area (Å²) in [5.74, 6) is 0.0551. The van der Waals surface area contributed by atoms with Gasteiger partial charge in [0, 0.05) is 36.9 Å². The smallest absolute Gasteiger partial charge is 0.254 e. The fraction of sp³-hybridized carbons (Fsp3) is 0.278. The number of hydrogen-bond acceptors (Lipinski definition) is 3. The molecule has 2 aromatic heterocycles. The Morgan fingerprint density at radius 3 is 3.04 bits per heavy atom. The number of aryl methyl sites for hydroxylation is 1. The predicted octanol–water partition coefficient (Wildman–Crippen LogP) is 2.73. The zero-order valence-electron chi connectivity index (χ0n) is 13.2. The molecule has 5 nitrogen and oxygen atoms in total. The Morgan fingerprint density at radius 2 is 2.17 bits per heavy atom. The normalized spacial score (nSPS) is 17.3. The van der Waals surface area contributed by atoms with E-state index in [0.717, 1.165) is 29.6 Å². The highest BCUT2D eigenvalue weighted by atomic mass is 16.2. The average Bonchev–Trinajstić information content (AvgIpc) is 2.95. The second-order valence-electron chi connectivity index (χ2n) is 6.05. The van der Waals surface area contributed by atoms with Gasteiger partial charge in [-0.2, -0.15) is 5.10 Å². The number of carbonyl (C=O) groups is 1. The van der Waals surface area contributed by atoms with Crippen LogP contribution in [0.3, 0.4) is 0 Å². The van der Waals surface area contributed by atoms with Gasteiger partial charge in [0.15, 0.2) is 0 Å². The molecule has 5 heteroatoms. The molecule has 3 aromatic rings. The topological polar surface area (TPSA) is 51.0 Å². The van der Waals surface area contributed by atoms with E-state index < -0.39 is 0 Å². The molecule has 1 aliphatic rings. The van der Waals surface area contributed by atoms with Gasteiger partial charge in [0.1, 0.15) is 0 Å². The van der Waals surface area contributed by atoms with E-state index in [4.69, 9.17) is 0 Å². The molecule has 1 amide bonds. The van der Waals surface area contributed by atoms with Gasteiger partial charge in [0.25, 0.3) is 5.91 Å². The summed E-state index contributed by atoms with van der Waals surface area (Å²) >= 11 is 0. The lowest BCUT2D eigenvalue weighted by Crippen LogP contribution is -2.38. The quantitative estimate of drug-likeness (QED) is 0.694. The average molecular weight is 306 g/mol. The Balaban J connectivity index is 1.68. The van der Waals surface area contributed by atoms with Crippen LogP contribution in [0.4, 0.5) is 0 Å².